The molecule has 0 radical (unpaired) electrons. The SMILES string of the molecule is C[Si](C)(C)N(c1ccc(-c2ccc(Br)cc2)cc1)[Si](C)(C)C. The zero-order chi connectivity index (χ0) is 16.5. The van der Waals surface area contributed by atoms with Gasteiger partial charge in [-0.05, 0) is 35.4 Å². The Morgan fingerprint density at radius 2 is 1.00 bits per heavy atom. The van der Waals surface area contributed by atoms with Crippen LogP contribution in [0.1, 0.15) is 0 Å². The second-order valence-electron chi connectivity index (χ2n) is 7.73. The third kappa shape index (κ3) is 4.12. The average molecular weight is 392 g/mol. The van der Waals surface area contributed by atoms with E-state index >= 15 is 0 Å². The Labute approximate surface area is 145 Å². The lowest BCUT2D eigenvalue weighted by Gasteiger charge is -2.46. The van der Waals surface area contributed by atoms with Crippen molar-refractivity contribution < 1.29 is 0 Å². The predicted octanol–water partition coefficient (Wildman–Crippen LogP) is 6.59. The molecular formula is C18H26BrNSi2. The van der Waals surface area contributed by atoms with Gasteiger partial charge in [0.15, 0.2) is 0 Å². The molecule has 22 heavy (non-hydrogen) atoms. The van der Waals surface area contributed by atoms with Gasteiger partial charge in [-0.25, -0.2) is 0 Å². The third-order valence-corrected chi connectivity index (χ3v) is 11.4. The highest BCUT2D eigenvalue weighted by molar-refractivity contribution is 9.10. The van der Waals surface area contributed by atoms with Crippen LogP contribution in [0.15, 0.2) is 53.0 Å². The highest BCUT2D eigenvalue weighted by atomic mass is 79.9. The largest absolute Gasteiger partial charge is 0.425 e. The first kappa shape index (κ1) is 17.5. The van der Waals surface area contributed by atoms with Gasteiger partial charge in [-0.3, -0.25) is 0 Å². The van der Waals surface area contributed by atoms with Gasteiger partial charge in [0.05, 0.1) is 0 Å². The van der Waals surface area contributed by atoms with Gasteiger partial charge in [0.25, 0.3) is 0 Å². The summed E-state index contributed by atoms with van der Waals surface area (Å²) in [5.41, 5.74) is 3.93. The van der Waals surface area contributed by atoms with E-state index in [1.54, 1.807) is 0 Å². The number of hydrogen-bond donors (Lipinski definition) is 0. The van der Waals surface area contributed by atoms with Crippen molar-refractivity contribution in [2.24, 2.45) is 0 Å². The van der Waals surface area contributed by atoms with Crippen LogP contribution in [-0.4, -0.2) is 16.5 Å². The van der Waals surface area contributed by atoms with Crippen molar-refractivity contribution in [3.05, 3.63) is 53.0 Å². The highest BCUT2D eigenvalue weighted by Crippen LogP contribution is 2.30. The molecule has 2 rings (SSSR count). The molecule has 0 aliphatic carbocycles. The van der Waals surface area contributed by atoms with Crippen LogP contribution in [0.5, 0.6) is 0 Å². The second-order valence-corrected chi connectivity index (χ2v) is 18.7. The van der Waals surface area contributed by atoms with Gasteiger partial charge in [-0.2, -0.15) is 0 Å². The van der Waals surface area contributed by atoms with Crippen LogP contribution in [0.3, 0.4) is 0 Å². The molecule has 0 saturated heterocycles. The molecule has 0 unspecified atom stereocenters. The summed E-state index contributed by atoms with van der Waals surface area (Å²) in [6, 6.07) is 17.6. The molecule has 2 aromatic carbocycles. The first-order valence-electron chi connectivity index (χ1n) is 7.75. The number of halogens is 1. The van der Waals surface area contributed by atoms with E-state index in [1.807, 2.05) is 0 Å². The lowest BCUT2D eigenvalue weighted by molar-refractivity contribution is 1.35. The molecule has 0 heterocycles. The number of rotatable bonds is 4. The topological polar surface area (TPSA) is 3.24 Å². The Bertz CT molecular complexity index is 608. The van der Waals surface area contributed by atoms with Crippen molar-refractivity contribution >= 4 is 38.1 Å². The Kier molecular flexibility index (Phi) is 5.04. The molecule has 0 amide bonds. The third-order valence-electron chi connectivity index (χ3n) is 3.64. The number of benzene rings is 2. The van der Waals surface area contributed by atoms with Crippen LogP contribution in [0.2, 0.25) is 39.3 Å². The van der Waals surface area contributed by atoms with Crippen molar-refractivity contribution in [1.29, 1.82) is 0 Å². The summed E-state index contributed by atoms with van der Waals surface area (Å²) in [6.45, 7) is 14.6. The van der Waals surface area contributed by atoms with E-state index in [4.69, 9.17) is 0 Å². The fourth-order valence-electron chi connectivity index (χ4n) is 3.23. The van der Waals surface area contributed by atoms with E-state index < -0.39 is 16.5 Å². The molecule has 0 atom stereocenters. The molecule has 1 nitrogen and oxygen atoms in total. The van der Waals surface area contributed by atoms with E-state index in [-0.39, 0.29) is 0 Å². The first-order valence-corrected chi connectivity index (χ1v) is 15.4. The monoisotopic (exact) mass is 391 g/mol. The Balaban J connectivity index is 2.36. The van der Waals surface area contributed by atoms with E-state index in [0.717, 1.165) is 4.47 Å². The molecule has 0 saturated carbocycles. The molecule has 2 aromatic rings. The van der Waals surface area contributed by atoms with E-state index in [1.165, 1.54) is 16.8 Å². The Morgan fingerprint density at radius 1 is 0.636 bits per heavy atom. The molecular weight excluding hydrogens is 366 g/mol. The van der Waals surface area contributed by atoms with Crippen LogP contribution in [0.4, 0.5) is 5.69 Å². The summed E-state index contributed by atoms with van der Waals surface area (Å²) in [5.74, 6) is 0. The molecule has 0 aromatic heterocycles. The van der Waals surface area contributed by atoms with Crippen molar-refractivity contribution in [1.82, 2.24) is 0 Å². The molecule has 4 heteroatoms. The van der Waals surface area contributed by atoms with Crippen LogP contribution < -0.4 is 4.23 Å². The fourth-order valence-corrected chi connectivity index (χ4v) is 13.4. The first-order chi connectivity index (χ1) is 10.1. The Morgan fingerprint density at radius 3 is 1.36 bits per heavy atom. The quantitative estimate of drug-likeness (QED) is 0.530. The highest BCUT2D eigenvalue weighted by Gasteiger charge is 2.34. The summed E-state index contributed by atoms with van der Waals surface area (Å²) < 4.78 is 3.88. The Hall–Kier alpha value is -0.846. The standard InChI is InChI=1S/C18H26BrNSi2/c1-21(2,3)20(22(4,5)6)18-13-9-16(10-14-18)15-7-11-17(19)12-8-15/h7-14H,1-6H3. The zero-order valence-corrected chi connectivity index (χ0v) is 18.0. The summed E-state index contributed by atoms with van der Waals surface area (Å²) in [6.07, 6.45) is 0. The smallest absolute Gasteiger partial charge is 0.138 e. The molecule has 0 aliphatic heterocycles. The van der Waals surface area contributed by atoms with Crippen molar-refractivity contribution in [3.63, 3.8) is 0 Å². The van der Waals surface area contributed by atoms with Crippen LogP contribution >= 0.6 is 15.9 Å². The molecule has 0 spiro atoms. The van der Waals surface area contributed by atoms with E-state index in [0.29, 0.717) is 0 Å². The second kappa shape index (κ2) is 6.34. The average Bonchev–Trinajstić information content (AvgIpc) is 2.37. The van der Waals surface area contributed by atoms with Gasteiger partial charge in [-0.15, -0.1) is 0 Å². The van der Waals surface area contributed by atoms with Crippen molar-refractivity contribution in [3.8, 4) is 11.1 Å². The number of nitrogens with zero attached hydrogens (tertiary/aromatic N) is 1. The lowest BCUT2D eigenvalue weighted by Crippen LogP contribution is -2.59. The van der Waals surface area contributed by atoms with Crippen molar-refractivity contribution in [2.45, 2.75) is 39.3 Å². The predicted molar refractivity (Wildman–Crippen MR) is 109 cm³/mol. The van der Waals surface area contributed by atoms with Gasteiger partial charge in [0.1, 0.15) is 16.5 Å². The van der Waals surface area contributed by atoms with Crippen LogP contribution in [0.25, 0.3) is 11.1 Å². The maximum Gasteiger partial charge on any atom is 0.138 e. The fraction of sp³-hybridized carbons (Fsp3) is 0.333. The van der Waals surface area contributed by atoms with Gasteiger partial charge in [-0.1, -0.05) is 79.5 Å². The maximum absolute atomic E-state index is 3.49. The molecule has 0 bridgehead atoms. The number of hydrogen-bond acceptors (Lipinski definition) is 1. The van der Waals surface area contributed by atoms with Crippen molar-refractivity contribution in [2.75, 3.05) is 4.23 Å². The molecule has 0 aliphatic rings. The van der Waals surface area contributed by atoms with Gasteiger partial charge < -0.3 is 4.23 Å². The van der Waals surface area contributed by atoms with E-state index in [2.05, 4.69) is 108 Å². The zero-order valence-electron chi connectivity index (χ0n) is 14.4. The van der Waals surface area contributed by atoms with E-state index in [9.17, 15) is 0 Å². The van der Waals surface area contributed by atoms with Gasteiger partial charge in [0.2, 0.25) is 0 Å². The minimum atomic E-state index is -1.38. The maximum atomic E-state index is 3.49. The van der Waals surface area contributed by atoms with Crippen LogP contribution in [0, 0.1) is 0 Å². The minimum absolute atomic E-state index is 1.12. The van der Waals surface area contributed by atoms with Gasteiger partial charge >= 0.3 is 0 Å². The normalized spacial score (nSPS) is 12.3. The van der Waals surface area contributed by atoms with Gasteiger partial charge in [0, 0.05) is 10.2 Å². The molecule has 0 fully saturated rings. The summed E-state index contributed by atoms with van der Waals surface area (Å²) in [4.78, 5) is 0. The van der Waals surface area contributed by atoms with Crippen LogP contribution in [-0.2, 0) is 0 Å². The summed E-state index contributed by atoms with van der Waals surface area (Å²) in [7, 11) is -2.76. The minimum Gasteiger partial charge on any atom is -0.425 e. The molecule has 118 valence electrons. The summed E-state index contributed by atoms with van der Waals surface area (Å²) >= 11 is 3.49. The lowest BCUT2D eigenvalue weighted by atomic mass is 10.1. The number of anilines is 1. The summed E-state index contributed by atoms with van der Waals surface area (Å²) in [5, 5.41) is 0. The molecule has 0 N–H and O–H groups in total.